The number of ether oxygens (including phenoxy) is 1. The molecule has 0 bridgehead atoms. The number of carbonyl (C=O) groups is 2. The summed E-state index contributed by atoms with van der Waals surface area (Å²) in [6.45, 7) is 0. The maximum atomic E-state index is 10.9. The van der Waals surface area contributed by atoms with Gasteiger partial charge in [0.25, 0.3) is 0 Å². The van der Waals surface area contributed by atoms with Crippen molar-refractivity contribution in [3.05, 3.63) is 41.5 Å². The smallest absolute Gasteiger partial charge is 0.328 e. The summed E-state index contributed by atoms with van der Waals surface area (Å²) >= 11 is 1.48. The van der Waals surface area contributed by atoms with Crippen LogP contribution in [-0.4, -0.2) is 29.9 Å². The van der Waals surface area contributed by atoms with Gasteiger partial charge in [-0.1, -0.05) is 24.3 Å². The van der Waals surface area contributed by atoms with Crippen LogP contribution in [0.1, 0.15) is 11.1 Å². The fourth-order valence-electron chi connectivity index (χ4n) is 1.20. The van der Waals surface area contributed by atoms with Crippen LogP contribution < -0.4 is 0 Å². The number of rotatable bonds is 6. The number of carbonyl (C=O) groups excluding carboxylic acids is 1. The van der Waals surface area contributed by atoms with Crippen molar-refractivity contribution in [2.45, 2.75) is 5.75 Å². The number of hydrogen-bond donors (Lipinski definition) is 1. The zero-order valence-electron chi connectivity index (χ0n) is 9.96. The Balaban J connectivity index is 2.45. The molecule has 0 saturated heterocycles. The van der Waals surface area contributed by atoms with E-state index in [0.717, 1.165) is 23.0 Å². The molecule has 0 unspecified atom stereocenters. The lowest BCUT2D eigenvalue weighted by Crippen LogP contribution is -2.03. The molecule has 0 spiro atoms. The second-order valence-corrected chi connectivity index (χ2v) is 4.47. The largest absolute Gasteiger partial charge is 0.478 e. The molecule has 0 amide bonds. The van der Waals surface area contributed by atoms with E-state index in [4.69, 9.17) is 5.11 Å². The third kappa shape index (κ3) is 5.54. The second-order valence-electron chi connectivity index (χ2n) is 3.48. The van der Waals surface area contributed by atoms with Gasteiger partial charge in [-0.25, -0.2) is 4.79 Å². The molecule has 0 aliphatic rings. The molecule has 4 nitrogen and oxygen atoms in total. The molecule has 1 aromatic carbocycles. The van der Waals surface area contributed by atoms with Crippen LogP contribution >= 0.6 is 11.8 Å². The Kier molecular flexibility index (Phi) is 6.00. The number of carboxylic acids is 1. The fourth-order valence-corrected chi connectivity index (χ4v) is 2.02. The Morgan fingerprint density at radius 1 is 1.33 bits per heavy atom. The zero-order chi connectivity index (χ0) is 13.4. The van der Waals surface area contributed by atoms with Crippen molar-refractivity contribution in [2.75, 3.05) is 12.9 Å². The van der Waals surface area contributed by atoms with Crippen LogP contribution in [0.15, 0.2) is 30.3 Å². The first-order valence-electron chi connectivity index (χ1n) is 5.26. The first-order chi connectivity index (χ1) is 8.61. The van der Waals surface area contributed by atoms with E-state index in [9.17, 15) is 9.59 Å². The highest BCUT2D eigenvalue weighted by Gasteiger charge is 2.00. The molecular weight excluding hydrogens is 252 g/mol. The summed E-state index contributed by atoms with van der Waals surface area (Å²) < 4.78 is 4.54. The van der Waals surface area contributed by atoms with Gasteiger partial charge in [0, 0.05) is 11.8 Å². The third-order valence-corrected chi connectivity index (χ3v) is 3.09. The van der Waals surface area contributed by atoms with Crippen molar-refractivity contribution in [1.29, 1.82) is 0 Å². The summed E-state index contributed by atoms with van der Waals surface area (Å²) in [6, 6.07) is 7.50. The Labute approximate surface area is 110 Å². The first kappa shape index (κ1) is 14.3. The topological polar surface area (TPSA) is 63.6 Å². The van der Waals surface area contributed by atoms with Crippen molar-refractivity contribution < 1.29 is 19.4 Å². The average Bonchev–Trinajstić information content (AvgIpc) is 2.37. The minimum Gasteiger partial charge on any atom is -0.478 e. The predicted octanol–water partition coefficient (Wildman–Crippen LogP) is 2.19. The Morgan fingerprint density at radius 2 is 2.00 bits per heavy atom. The van der Waals surface area contributed by atoms with Gasteiger partial charge in [0.1, 0.15) is 0 Å². The van der Waals surface area contributed by atoms with E-state index in [1.165, 1.54) is 24.9 Å². The van der Waals surface area contributed by atoms with E-state index in [1.54, 1.807) is 0 Å². The van der Waals surface area contributed by atoms with Gasteiger partial charge >= 0.3 is 11.9 Å². The van der Waals surface area contributed by atoms with E-state index in [-0.39, 0.29) is 5.97 Å². The summed E-state index contributed by atoms with van der Waals surface area (Å²) in [6.07, 6.45) is 2.63. The third-order valence-electron chi connectivity index (χ3n) is 2.11. The molecule has 5 heteroatoms. The number of carboxylic acid groups (broad SMARTS) is 1. The fraction of sp³-hybridized carbons (Fsp3) is 0.231. The molecule has 1 rings (SSSR count). The lowest BCUT2D eigenvalue weighted by Gasteiger charge is -2.01. The molecule has 0 fully saturated rings. The van der Waals surface area contributed by atoms with E-state index in [1.807, 2.05) is 24.3 Å². The van der Waals surface area contributed by atoms with E-state index < -0.39 is 5.97 Å². The number of aliphatic carboxylic acids is 1. The molecular formula is C13H14O4S. The standard InChI is InChI=1S/C13H14O4S/c1-17-13(16)9-18-8-11-4-2-10(3-5-11)6-7-12(14)15/h2-7H,8-9H2,1H3,(H,14,15). The van der Waals surface area contributed by atoms with Crippen LogP contribution in [0.2, 0.25) is 0 Å². The molecule has 18 heavy (non-hydrogen) atoms. The zero-order valence-corrected chi connectivity index (χ0v) is 10.8. The Bertz CT molecular complexity index is 437. The summed E-state index contributed by atoms with van der Waals surface area (Å²) in [5.74, 6) is -0.149. The Hall–Kier alpha value is -1.75. The van der Waals surface area contributed by atoms with E-state index in [2.05, 4.69) is 4.74 Å². The van der Waals surface area contributed by atoms with Gasteiger partial charge in [-0.05, 0) is 17.2 Å². The second kappa shape index (κ2) is 7.55. The molecule has 96 valence electrons. The van der Waals surface area contributed by atoms with Crippen molar-refractivity contribution in [3.8, 4) is 0 Å². The highest BCUT2D eigenvalue weighted by Crippen LogP contribution is 2.14. The minimum absolute atomic E-state index is 0.235. The maximum Gasteiger partial charge on any atom is 0.328 e. The molecule has 0 heterocycles. The van der Waals surface area contributed by atoms with Crippen molar-refractivity contribution >= 4 is 29.8 Å². The molecule has 1 N–H and O–H groups in total. The van der Waals surface area contributed by atoms with E-state index >= 15 is 0 Å². The molecule has 0 radical (unpaired) electrons. The summed E-state index contributed by atoms with van der Waals surface area (Å²) in [7, 11) is 1.37. The molecule has 1 aromatic rings. The molecule has 0 aromatic heterocycles. The van der Waals surface area contributed by atoms with Crippen molar-refractivity contribution in [1.82, 2.24) is 0 Å². The van der Waals surface area contributed by atoms with Crippen LogP contribution in [-0.2, 0) is 20.1 Å². The summed E-state index contributed by atoms with van der Waals surface area (Å²) in [5, 5.41) is 8.49. The molecule has 0 saturated carbocycles. The lowest BCUT2D eigenvalue weighted by molar-refractivity contribution is -0.137. The van der Waals surface area contributed by atoms with Gasteiger partial charge in [-0.15, -0.1) is 11.8 Å². The van der Waals surface area contributed by atoms with Crippen LogP contribution in [0, 0.1) is 0 Å². The van der Waals surface area contributed by atoms with Gasteiger partial charge in [0.15, 0.2) is 0 Å². The lowest BCUT2D eigenvalue weighted by atomic mass is 10.1. The minimum atomic E-state index is -0.965. The average molecular weight is 266 g/mol. The van der Waals surface area contributed by atoms with Crippen molar-refractivity contribution in [2.24, 2.45) is 0 Å². The Morgan fingerprint density at radius 3 is 2.56 bits per heavy atom. The first-order valence-corrected chi connectivity index (χ1v) is 6.42. The molecule has 0 aliphatic heterocycles. The number of hydrogen-bond acceptors (Lipinski definition) is 4. The van der Waals surface area contributed by atoms with Gasteiger partial charge in [0.05, 0.1) is 12.9 Å². The van der Waals surface area contributed by atoms with Gasteiger partial charge in [0.2, 0.25) is 0 Å². The highest BCUT2D eigenvalue weighted by atomic mass is 32.2. The number of methoxy groups -OCH3 is 1. The van der Waals surface area contributed by atoms with Crippen LogP contribution in [0.3, 0.4) is 0 Å². The van der Waals surface area contributed by atoms with Crippen LogP contribution in [0.25, 0.3) is 6.08 Å². The van der Waals surface area contributed by atoms with Crippen molar-refractivity contribution in [3.63, 3.8) is 0 Å². The number of benzene rings is 1. The van der Waals surface area contributed by atoms with Gasteiger partial charge in [-0.3, -0.25) is 4.79 Å². The summed E-state index contributed by atoms with van der Waals surface area (Å²) in [5.41, 5.74) is 1.91. The quantitative estimate of drug-likeness (QED) is 0.631. The van der Waals surface area contributed by atoms with Gasteiger partial charge in [-0.2, -0.15) is 0 Å². The SMILES string of the molecule is COC(=O)CSCc1ccc(C=CC(=O)O)cc1. The van der Waals surface area contributed by atoms with E-state index in [0.29, 0.717) is 5.75 Å². The van der Waals surface area contributed by atoms with Gasteiger partial charge < -0.3 is 9.84 Å². The summed E-state index contributed by atoms with van der Waals surface area (Å²) in [4.78, 5) is 21.2. The molecule has 0 atom stereocenters. The highest BCUT2D eigenvalue weighted by molar-refractivity contribution is 7.99. The molecule has 0 aliphatic carbocycles. The maximum absolute atomic E-state index is 10.9. The van der Waals surface area contributed by atoms with Crippen LogP contribution in [0.4, 0.5) is 0 Å². The number of thioether (sulfide) groups is 1. The normalized spacial score (nSPS) is 10.5. The van der Waals surface area contributed by atoms with Crippen LogP contribution in [0.5, 0.6) is 0 Å². The monoisotopic (exact) mass is 266 g/mol. The number of esters is 1. The predicted molar refractivity (Wildman–Crippen MR) is 71.3 cm³/mol.